The van der Waals surface area contributed by atoms with Gasteiger partial charge in [-0.1, -0.05) is 19.1 Å². The van der Waals surface area contributed by atoms with Gasteiger partial charge in [-0.15, -0.1) is 0 Å². The number of fused-ring (bicyclic) bond motifs is 1. The van der Waals surface area contributed by atoms with Gasteiger partial charge in [-0.05, 0) is 28.3 Å². The summed E-state index contributed by atoms with van der Waals surface area (Å²) in [6.45, 7) is 2.18. The van der Waals surface area contributed by atoms with E-state index in [1.807, 2.05) is 17.3 Å². The number of hydrogen-bond acceptors (Lipinski definition) is 2. The molecule has 0 N–H and O–H groups in total. The molecule has 0 bridgehead atoms. The zero-order valence-corrected chi connectivity index (χ0v) is 9.53. The number of halogens is 1. The van der Waals surface area contributed by atoms with E-state index in [0.29, 0.717) is 11.5 Å². The Balaban J connectivity index is 2.39. The predicted octanol–water partition coefficient (Wildman–Crippen LogP) is 2.50. The second kappa shape index (κ2) is 3.77. The van der Waals surface area contributed by atoms with Gasteiger partial charge in [-0.25, -0.2) is 0 Å². The van der Waals surface area contributed by atoms with Crippen LogP contribution in [0.4, 0.5) is 0 Å². The summed E-state index contributed by atoms with van der Waals surface area (Å²) in [7, 11) is 5.83. The molecule has 0 fully saturated rings. The van der Waals surface area contributed by atoms with Crippen LogP contribution in [0.3, 0.4) is 0 Å². The van der Waals surface area contributed by atoms with Crippen LogP contribution in [0.5, 0.6) is 0 Å². The van der Waals surface area contributed by atoms with E-state index in [-0.39, 0.29) is 0 Å². The number of hydrogen-bond donors (Lipinski definition) is 0. The van der Waals surface area contributed by atoms with Crippen molar-refractivity contribution < 1.29 is 0 Å². The van der Waals surface area contributed by atoms with Crippen molar-refractivity contribution in [2.75, 3.05) is 0 Å². The Morgan fingerprint density at radius 1 is 1.64 bits per heavy atom. The van der Waals surface area contributed by atoms with Gasteiger partial charge in [0.05, 0.1) is 5.70 Å². The first kappa shape index (κ1) is 9.78. The van der Waals surface area contributed by atoms with E-state index in [0.717, 1.165) is 16.7 Å². The first-order valence-corrected chi connectivity index (χ1v) is 5.35. The highest BCUT2D eigenvalue weighted by Crippen LogP contribution is 2.24. The Labute approximate surface area is 93.6 Å². The lowest BCUT2D eigenvalue weighted by Gasteiger charge is -2.23. The van der Waals surface area contributed by atoms with Crippen LogP contribution in [-0.2, 0) is 0 Å². The van der Waals surface area contributed by atoms with Gasteiger partial charge in [0.25, 0.3) is 0 Å². The molecule has 0 saturated heterocycles. The molecule has 2 rings (SSSR count). The SMILES string of the molecule is [B]C1=NC(Br)=CN2C=CC(C)CC=C12. The molecule has 2 aliphatic heterocycles. The van der Waals surface area contributed by atoms with Crippen LogP contribution < -0.4 is 0 Å². The Bertz CT molecular complexity index is 368. The van der Waals surface area contributed by atoms with Crippen molar-refractivity contribution in [3.8, 4) is 0 Å². The quantitative estimate of drug-likeness (QED) is 0.475. The molecular formula is C10H10BBrN2. The van der Waals surface area contributed by atoms with Crippen LogP contribution >= 0.6 is 15.9 Å². The van der Waals surface area contributed by atoms with Crippen molar-refractivity contribution in [1.29, 1.82) is 0 Å². The van der Waals surface area contributed by atoms with Crippen molar-refractivity contribution in [3.05, 3.63) is 34.9 Å². The highest BCUT2D eigenvalue weighted by Gasteiger charge is 2.15. The Kier molecular flexibility index (Phi) is 2.63. The molecule has 0 amide bonds. The maximum Gasteiger partial charge on any atom is 0.144 e. The second-order valence-electron chi connectivity index (χ2n) is 3.50. The zero-order chi connectivity index (χ0) is 10.1. The molecule has 2 heterocycles. The molecule has 2 aliphatic rings. The summed E-state index contributed by atoms with van der Waals surface area (Å²) in [6, 6.07) is 0. The Hall–Kier alpha value is -0.765. The second-order valence-corrected chi connectivity index (χ2v) is 4.31. The van der Waals surface area contributed by atoms with Crippen LogP contribution in [0.25, 0.3) is 0 Å². The fourth-order valence-corrected chi connectivity index (χ4v) is 1.88. The van der Waals surface area contributed by atoms with Gasteiger partial charge in [0.2, 0.25) is 0 Å². The minimum absolute atomic E-state index is 0.549. The Morgan fingerprint density at radius 2 is 2.43 bits per heavy atom. The largest absolute Gasteiger partial charge is 0.321 e. The van der Waals surface area contributed by atoms with Crippen LogP contribution in [-0.4, -0.2) is 18.4 Å². The lowest BCUT2D eigenvalue weighted by Crippen LogP contribution is -2.20. The molecule has 2 nitrogen and oxygen atoms in total. The van der Waals surface area contributed by atoms with E-state index >= 15 is 0 Å². The minimum atomic E-state index is 0.549. The lowest BCUT2D eigenvalue weighted by atomic mass is 9.95. The first-order chi connectivity index (χ1) is 6.66. The molecular weight excluding hydrogens is 239 g/mol. The molecule has 0 aromatic rings. The Morgan fingerprint density at radius 3 is 3.21 bits per heavy atom. The third-order valence-electron chi connectivity index (χ3n) is 2.27. The summed E-state index contributed by atoms with van der Waals surface area (Å²) in [5.41, 5.74) is 1.55. The molecule has 0 aliphatic carbocycles. The number of aliphatic imine (C=N–C) groups is 1. The van der Waals surface area contributed by atoms with Gasteiger partial charge < -0.3 is 4.90 Å². The minimum Gasteiger partial charge on any atom is -0.321 e. The molecule has 1 unspecified atom stereocenters. The first-order valence-electron chi connectivity index (χ1n) is 4.55. The molecule has 0 saturated carbocycles. The van der Waals surface area contributed by atoms with E-state index in [1.54, 1.807) is 0 Å². The number of nitrogens with zero attached hydrogens (tertiary/aromatic N) is 2. The van der Waals surface area contributed by atoms with Crippen LogP contribution in [0.15, 0.2) is 39.8 Å². The average molecular weight is 249 g/mol. The smallest absolute Gasteiger partial charge is 0.144 e. The van der Waals surface area contributed by atoms with E-state index < -0.39 is 0 Å². The zero-order valence-electron chi connectivity index (χ0n) is 7.94. The monoisotopic (exact) mass is 248 g/mol. The van der Waals surface area contributed by atoms with Crippen molar-refractivity contribution in [2.24, 2.45) is 10.9 Å². The summed E-state index contributed by atoms with van der Waals surface area (Å²) < 4.78 is 0.756. The summed E-state index contributed by atoms with van der Waals surface area (Å²) in [6.07, 6.45) is 9.24. The molecule has 70 valence electrons. The van der Waals surface area contributed by atoms with E-state index in [9.17, 15) is 0 Å². The van der Waals surface area contributed by atoms with Crippen LogP contribution in [0.1, 0.15) is 13.3 Å². The standard InChI is InChI=1S/C10H10BBrN2/c1-7-2-3-8-10(11)13-9(12)6-14(8)5-4-7/h3-7H,2H2,1H3. The third-order valence-corrected chi connectivity index (χ3v) is 2.65. The normalized spacial score (nSPS) is 26.0. The van der Waals surface area contributed by atoms with Crippen LogP contribution in [0.2, 0.25) is 0 Å². The molecule has 1 atom stereocenters. The van der Waals surface area contributed by atoms with E-state index in [1.165, 1.54) is 0 Å². The molecule has 14 heavy (non-hydrogen) atoms. The van der Waals surface area contributed by atoms with Crippen molar-refractivity contribution in [3.63, 3.8) is 0 Å². The maximum atomic E-state index is 5.83. The average Bonchev–Trinajstić information content (AvgIpc) is 2.28. The van der Waals surface area contributed by atoms with Gasteiger partial charge in [-0.2, -0.15) is 0 Å². The van der Waals surface area contributed by atoms with Gasteiger partial charge in [-0.3, -0.25) is 4.99 Å². The predicted molar refractivity (Wildman–Crippen MR) is 63.0 cm³/mol. The lowest BCUT2D eigenvalue weighted by molar-refractivity contribution is 0.653. The highest BCUT2D eigenvalue weighted by atomic mass is 79.9. The molecule has 4 heteroatoms. The topological polar surface area (TPSA) is 15.6 Å². The number of allylic oxidation sites excluding steroid dienone is 3. The molecule has 0 spiro atoms. The summed E-state index contributed by atoms with van der Waals surface area (Å²) in [5, 5.41) is 0. The fourth-order valence-electron chi connectivity index (χ4n) is 1.47. The van der Waals surface area contributed by atoms with Crippen molar-refractivity contribution in [2.45, 2.75) is 13.3 Å². The maximum absolute atomic E-state index is 5.83. The van der Waals surface area contributed by atoms with Gasteiger partial charge in [0.15, 0.2) is 0 Å². The molecule has 0 aromatic carbocycles. The molecule has 0 aromatic heterocycles. The van der Waals surface area contributed by atoms with Crippen molar-refractivity contribution >= 4 is 29.4 Å². The van der Waals surface area contributed by atoms with Gasteiger partial charge in [0, 0.05) is 18.0 Å². The van der Waals surface area contributed by atoms with Crippen molar-refractivity contribution in [1.82, 2.24) is 4.90 Å². The summed E-state index contributed by atoms with van der Waals surface area (Å²) in [4.78, 5) is 6.16. The fraction of sp³-hybridized carbons (Fsp3) is 0.300. The van der Waals surface area contributed by atoms with Gasteiger partial charge in [0.1, 0.15) is 12.5 Å². The molecule has 2 radical (unpaired) electrons. The number of rotatable bonds is 0. The van der Waals surface area contributed by atoms with Gasteiger partial charge >= 0.3 is 0 Å². The van der Waals surface area contributed by atoms with E-state index in [2.05, 4.69) is 40.0 Å². The summed E-state index contributed by atoms with van der Waals surface area (Å²) in [5.74, 6) is 0.549. The van der Waals surface area contributed by atoms with E-state index in [4.69, 9.17) is 7.85 Å². The highest BCUT2D eigenvalue weighted by molar-refractivity contribution is 9.11. The van der Waals surface area contributed by atoms with Crippen LogP contribution in [0, 0.1) is 5.92 Å². The summed E-state index contributed by atoms with van der Waals surface area (Å²) >= 11 is 3.32. The third kappa shape index (κ3) is 1.85.